The minimum atomic E-state index is -3.77. The Morgan fingerprint density at radius 3 is 2.52 bits per heavy atom. The van der Waals surface area contributed by atoms with Crippen LogP contribution in [0, 0.1) is 6.92 Å². The maximum atomic E-state index is 13.2. The fourth-order valence-corrected chi connectivity index (χ4v) is 5.26. The van der Waals surface area contributed by atoms with E-state index in [0.717, 1.165) is 36.1 Å². The van der Waals surface area contributed by atoms with Crippen molar-refractivity contribution in [2.24, 2.45) is 0 Å². The second-order valence-electron chi connectivity index (χ2n) is 6.93. The molecule has 0 radical (unpaired) electrons. The molecule has 0 saturated heterocycles. The predicted octanol–water partition coefficient (Wildman–Crippen LogP) is 5.29. The number of sulfone groups is 1. The van der Waals surface area contributed by atoms with Crippen molar-refractivity contribution >= 4 is 27.1 Å². The molecule has 4 rings (SSSR count). The molecule has 142 valence electrons. The number of aryl methyl sites for hydroxylation is 1. The van der Waals surface area contributed by atoms with Crippen molar-refractivity contribution in [1.29, 1.82) is 0 Å². The van der Waals surface area contributed by atoms with E-state index >= 15 is 0 Å². The van der Waals surface area contributed by atoms with E-state index in [1.807, 2.05) is 24.4 Å². The Kier molecular flexibility index (Phi) is 5.06. The predicted molar refractivity (Wildman–Crippen MR) is 107 cm³/mol. The number of rotatable bonds is 5. The van der Waals surface area contributed by atoms with Gasteiger partial charge in [-0.25, -0.2) is 8.42 Å². The molecule has 1 N–H and O–H groups in total. The number of oxazole rings is 1. The quantitative estimate of drug-likeness (QED) is 0.628. The van der Waals surface area contributed by atoms with Crippen LogP contribution in [0.15, 0.2) is 56.1 Å². The first-order chi connectivity index (χ1) is 13.0. The lowest BCUT2D eigenvalue weighted by Crippen LogP contribution is -2.23. The molecule has 1 aromatic carbocycles. The molecule has 1 aliphatic rings. The van der Waals surface area contributed by atoms with E-state index in [0.29, 0.717) is 5.89 Å². The first-order valence-corrected chi connectivity index (χ1v) is 11.5. The maximum Gasteiger partial charge on any atom is 0.240 e. The maximum absolute atomic E-state index is 13.2. The fourth-order valence-electron chi connectivity index (χ4n) is 3.35. The summed E-state index contributed by atoms with van der Waals surface area (Å²) in [6.07, 6.45) is 5.54. The zero-order chi connectivity index (χ0) is 18.9. The van der Waals surface area contributed by atoms with E-state index in [2.05, 4.69) is 10.3 Å². The molecule has 7 heteroatoms. The van der Waals surface area contributed by atoms with Crippen LogP contribution in [0.25, 0.3) is 10.8 Å². The number of aromatic nitrogens is 1. The number of nitrogens with one attached hydrogen (secondary N) is 1. The van der Waals surface area contributed by atoms with E-state index in [1.54, 1.807) is 24.3 Å². The van der Waals surface area contributed by atoms with Crippen molar-refractivity contribution in [1.82, 2.24) is 4.98 Å². The molecule has 27 heavy (non-hydrogen) atoms. The number of nitrogens with zero attached hydrogens (tertiary/aromatic N) is 1. The molecular formula is C20H22N2O3S2. The van der Waals surface area contributed by atoms with Gasteiger partial charge in [-0.1, -0.05) is 43.0 Å². The normalized spacial score (nSPS) is 15.7. The van der Waals surface area contributed by atoms with Crippen molar-refractivity contribution in [3.8, 4) is 10.8 Å². The van der Waals surface area contributed by atoms with Gasteiger partial charge in [0.05, 0.1) is 9.77 Å². The Bertz CT molecular complexity index is 1000. The monoisotopic (exact) mass is 402 g/mol. The second kappa shape index (κ2) is 7.48. The Morgan fingerprint density at radius 2 is 1.85 bits per heavy atom. The molecule has 2 heterocycles. The summed E-state index contributed by atoms with van der Waals surface area (Å²) in [5.74, 6) is 0.597. The highest BCUT2D eigenvalue weighted by Gasteiger charge is 2.30. The topological polar surface area (TPSA) is 72.2 Å². The molecule has 3 aromatic rings. The molecule has 1 aliphatic carbocycles. The van der Waals surface area contributed by atoms with Crippen LogP contribution in [0.1, 0.15) is 37.7 Å². The molecule has 1 saturated carbocycles. The Morgan fingerprint density at radius 1 is 1.11 bits per heavy atom. The Hall–Kier alpha value is -2.12. The molecule has 1 fully saturated rings. The van der Waals surface area contributed by atoms with Gasteiger partial charge in [-0.3, -0.25) is 0 Å². The van der Waals surface area contributed by atoms with Crippen molar-refractivity contribution in [3.05, 3.63) is 47.3 Å². The summed E-state index contributed by atoms with van der Waals surface area (Å²) in [6.45, 7) is 1.93. The standard InChI is InChI=1S/C20H22N2O3S2/c1-14-9-11-16(12-10-14)27(23,24)20-19(21-15-6-3-2-4-7-15)25-18(22-20)17-8-5-13-26-17/h5,8-13,15,21H,2-4,6-7H2,1H3. The smallest absolute Gasteiger partial charge is 0.240 e. The molecule has 0 aliphatic heterocycles. The van der Waals surface area contributed by atoms with E-state index < -0.39 is 9.84 Å². The van der Waals surface area contributed by atoms with Gasteiger partial charge in [0, 0.05) is 6.04 Å². The molecule has 0 atom stereocenters. The van der Waals surface area contributed by atoms with Crippen LogP contribution in [0.2, 0.25) is 0 Å². The summed E-state index contributed by atoms with van der Waals surface area (Å²) in [7, 11) is -3.77. The Balaban J connectivity index is 1.76. The SMILES string of the molecule is Cc1ccc(S(=O)(=O)c2nc(-c3cccs3)oc2NC2CCCCC2)cc1. The van der Waals surface area contributed by atoms with E-state index in [-0.39, 0.29) is 21.8 Å². The van der Waals surface area contributed by atoms with E-state index in [1.165, 1.54) is 17.8 Å². The third kappa shape index (κ3) is 3.80. The van der Waals surface area contributed by atoms with Gasteiger partial charge >= 0.3 is 0 Å². The van der Waals surface area contributed by atoms with Crippen LogP contribution in [-0.2, 0) is 9.84 Å². The van der Waals surface area contributed by atoms with Crippen molar-refractivity contribution < 1.29 is 12.8 Å². The van der Waals surface area contributed by atoms with Crippen molar-refractivity contribution in [2.75, 3.05) is 5.32 Å². The summed E-state index contributed by atoms with van der Waals surface area (Å²) in [6, 6.07) is 10.8. The lowest BCUT2D eigenvalue weighted by atomic mass is 9.96. The summed E-state index contributed by atoms with van der Waals surface area (Å²) in [5, 5.41) is 5.21. The van der Waals surface area contributed by atoms with Gasteiger partial charge in [-0.05, 0) is 43.3 Å². The molecule has 2 aromatic heterocycles. The summed E-state index contributed by atoms with van der Waals surface area (Å²) < 4.78 is 32.4. The van der Waals surface area contributed by atoms with E-state index in [9.17, 15) is 8.42 Å². The minimum Gasteiger partial charge on any atom is -0.418 e. The highest BCUT2D eigenvalue weighted by atomic mass is 32.2. The van der Waals surface area contributed by atoms with Crippen LogP contribution >= 0.6 is 11.3 Å². The summed E-state index contributed by atoms with van der Waals surface area (Å²) in [5.41, 5.74) is 1.01. The van der Waals surface area contributed by atoms with Crippen molar-refractivity contribution in [3.63, 3.8) is 0 Å². The number of hydrogen-bond donors (Lipinski definition) is 1. The third-order valence-corrected chi connectivity index (χ3v) is 7.39. The molecule has 0 bridgehead atoms. The third-order valence-electron chi connectivity index (χ3n) is 4.85. The zero-order valence-corrected chi connectivity index (χ0v) is 16.8. The van der Waals surface area contributed by atoms with Gasteiger partial charge in [-0.2, -0.15) is 4.98 Å². The van der Waals surface area contributed by atoms with Gasteiger partial charge < -0.3 is 9.73 Å². The van der Waals surface area contributed by atoms with Gasteiger partial charge in [0.25, 0.3) is 0 Å². The van der Waals surface area contributed by atoms with Crippen LogP contribution in [0.5, 0.6) is 0 Å². The average molecular weight is 403 g/mol. The van der Waals surface area contributed by atoms with Crippen LogP contribution in [0.4, 0.5) is 5.88 Å². The van der Waals surface area contributed by atoms with Gasteiger partial charge in [0.2, 0.25) is 26.6 Å². The van der Waals surface area contributed by atoms with E-state index in [4.69, 9.17) is 4.42 Å². The first-order valence-electron chi connectivity index (χ1n) is 9.17. The molecule has 0 amide bonds. The lowest BCUT2D eigenvalue weighted by molar-refractivity contribution is 0.450. The van der Waals surface area contributed by atoms with Gasteiger partial charge in [-0.15, -0.1) is 11.3 Å². The summed E-state index contributed by atoms with van der Waals surface area (Å²) in [4.78, 5) is 5.42. The summed E-state index contributed by atoms with van der Waals surface area (Å²) >= 11 is 1.47. The molecule has 0 spiro atoms. The first kappa shape index (κ1) is 18.3. The van der Waals surface area contributed by atoms with Crippen molar-refractivity contribution in [2.45, 2.75) is 55.0 Å². The van der Waals surface area contributed by atoms with Crippen LogP contribution in [0.3, 0.4) is 0 Å². The molecule has 0 unspecified atom stereocenters. The lowest BCUT2D eigenvalue weighted by Gasteiger charge is -2.22. The average Bonchev–Trinajstić information content (AvgIpc) is 3.33. The Labute approximate surface area is 163 Å². The number of anilines is 1. The molecule has 5 nitrogen and oxygen atoms in total. The highest BCUT2D eigenvalue weighted by molar-refractivity contribution is 7.91. The largest absolute Gasteiger partial charge is 0.418 e. The van der Waals surface area contributed by atoms with Crippen LogP contribution in [-0.4, -0.2) is 19.4 Å². The van der Waals surface area contributed by atoms with Gasteiger partial charge in [0.15, 0.2) is 0 Å². The zero-order valence-electron chi connectivity index (χ0n) is 15.1. The number of benzene rings is 1. The van der Waals surface area contributed by atoms with Crippen LogP contribution < -0.4 is 5.32 Å². The minimum absolute atomic E-state index is 0.0275. The second-order valence-corrected chi connectivity index (χ2v) is 9.74. The highest BCUT2D eigenvalue weighted by Crippen LogP contribution is 2.35. The fraction of sp³-hybridized carbons (Fsp3) is 0.350. The number of hydrogen-bond acceptors (Lipinski definition) is 6. The molecular weight excluding hydrogens is 380 g/mol. The van der Waals surface area contributed by atoms with Gasteiger partial charge in [0.1, 0.15) is 0 Å². The number of thiophene rings is 1.